The molecule has 0 radical (unpaired) electrons. The Morgan fingerprint density at radius 3 is 2.67 bits per heavy atom. The van der Waals surface area contributed by atoms with Gasteiger partial charge in [-0.15, -0.1) is 0 Å². The molecule has 11 heteroatoms. The number of nitrogen functional groups attached to an aromatic ring is 1. The molecule has 192 valence electrons. The summed E-state index contributed by atoms with van der Waals surface area (Å²) in [5.74, 6) is -0.498. The van der Waals surface area contributed by atoms with Gasteiger partial charge in [-0.1, -0.05) is 53.5 Å². The minimum absolute atomic E-state index is 0.0340. The smallest absolute Gasteiger partial charge is 0.323 e. The number of carboxylic acid groups (broad SMARTS) is 1. The SMILES string of the molecule is Nc1cc(Cl)ccc1OCCCCNC[C@H](Cc1ccccc1)Nc1ncc(Cl)n(CC(=O)O)c1=O. The summed E-state index contributed by atoms with van der Waals surface area (Å²) < 4.78 is 6.69. The predicted octanol–water partition coefficient (Wildman–Crippen LogP) is 3.69. The van der Waals surface area contributed by atoms with Crippen molar-refractivity contribution in [3.63, 3.8) is 0 Å². The fourth-order valence-electron chi connectivity index (χ4n) is 3.58. The van der Waals surface area contributed by atoms with E-state index in [4.69, 9.17) is 38.8 Å². The van der Waals surface area contributed by atoms with Crippen LogP contribution in [0.3, 0.4) is 0 Å². The second kappa shape index (κ2) is 13.7. The maximum absolute atomic E-state index is 12.8. The van der Waals surface area contributed by atoms with Crippen molar-refractivity contribution in [3.05, 3.63) is 80.8 Å². The van der Waals surface area contributed by atoms with E-state index in [0.717, 1.165) is 29.5 Å². The minimum Gasteiger partial charge on any atom is -0.491 e. The molecular formula is C25H29Cl2N5O4. The third kappa shape index (κ3) is 8.44. The van der Waals surface area contributed by atoms with E-state index in [1.54, 1.807) is 18.2 Å². The number of rotatable bonds is 14. The van der Waals surface area contributed by atoms with Crippen LogP contribution in [0.1, 0.15) is 18.4 Å². The van der Waals surface area contributed by atoms with E-state index in [2.05, 4.69) is 15.6 Å². The van der Waals surface area contributed by atoms with E-state index < -0.39 is 18.1 Å². The number of aromatic nitrogens is 2. The summed E-state index contributed by atoms with van der Waals surface area (Å²) >= 11 is 11.9. The molecule has 0 spiro atoms. The van der Waals surface area contributed by atoms with Gasteiger partial charge in [0.15, 0.2) is 5.82 Å². The van der Waals surface area contributed by atoms with Gasteiger partial charge in [-0.2, -0.15) is 0 Å². The molecule has 3 rings (SSSR count). The number of ether oxygens (including phenoxy) is 1. The van der Waals surface area contributed by atoms with Gasteiger partial charge in [0.25, 0.3) is 5.56 Å². The highest BCUT2D eigenvalue weighted by Gasteiger charge is 2.16. The molecule has 1 atom stereocenters. The van der Waals surface area contributed by atoms with Crippen LogP contribution in [0.15, 0.2) is 59.5 Å². The molecule has 1 aromatic heterocycles. The monoisotopic (exact) mass is 533 g/mol. The summed E-state index contributed by atoms with van der Waals surface area (Å²) in [6.07, 6.45) is 3.60. The van der Waals surface area contributed by atoms with E-state index >= 15 is 0 Å². The van der Waals surface area contributed by atoms with Crippen molar-refractivity contribution in [1.82, 2.24) is 14.9 Å². The zero-order valence-electron chi connectivity index (χ0n) is 19.6. The van der Waals surface area contributed by atoms with Crippen LogP contribution in [0, 0.1) is 0 Å². The van der Waals surface area contributed by atoms with Crippen LogP contribution in [-0.2, 0) is 17.8 Å². The van der Waals surface area contributed by atoms with Gasteiger partial charge < -0.3 is 26.2 Å². The van der Waals surface area contributed by atoms with E-state index in [9.17, 15) is 9.59 Å². The second-order valence-corrected chi connectivity index (χ2v) is 9.01. The number of nitrogens with zero attached hydrogens (tertiary/aromatic N) is 2. The standard InChI is InChI=1S/C25H29Cl2N5O4/c26-18-8-9-21(20(28)13-18)36-11-5-4-10-29-14-19(12-17-6-2-1-3-7-17)31-24-25(35)32(16-23(33)34)22(27)15-30-24/h1-3,6-9,13,15,19,29H,4-5,10-12,14,16,28H2,(H,30,31)(H,33,34)/t19-/m0/s1. The fraction of sp³-hybridized carbons (Fsp3) is 0.320. The van der Waals surface area contributed by atoms with Gasteiger partial charge in [0, 0.05) is 17.6 Å². The maximum atomic E-state index is 12.8. The number of aliphatic carboxylic acids is 1. The molecule has 2 aromatic carbocycles. The summed E-state index contributed by atoms with van der Waals surface area (Å²) in [6, 6.07) is 14.8. The van der Waals surface area contributed by atoms with Crippen molar-refractivity contribution in [1.29, 1.82) is 0 Å². The first kappa shape index (κ1) is 27.3. The van der Waals surface area contributed by atoms with Gasteiger partial charge in [0.05, 0.1) is 18.5 Å². The first-order valence-electron chi connectivity index (χ1n) is 11.5. The Morgan fingerprint density at radius 1 is 1.17 bits per heavy atom. The van der Waals surface area contributed by atoms with Crippen molar-refractivity contribution < 1.29 is 14.6 Å². The Kier molecular flexibility index (Phi) is 10.4. The largest absolute Gasteiger partial charge is 0.491 e. The lowest BCUT2D eigenvalue weighted by Crippen LogP contribution is -2.38. The van der Waals surface area contributed by atoms with Crippen molar-refractivity contribution in [3.8, 4) is 5.75 Å². The van der Waals surface area contributed by atoms with E-state index in [1.165, 1.54) is 6.20 Å². The molecule has 0 saturated carbocycles. The lowest BCUT2D eigenvalue weighted by Gasteiger charge is -2.20. The third-order valence-electron chi connectivity index (χ3n) is 5.33. The Balaban J connectivity index is 1.54. The number of hydrogen-bond acceptors (Lipinski definition) is 7. The second-order valence-electron chi connectivity index (χ2n) is 8.19. The van der Waals surface area contributed by atoms with E-state index in [-0.39, 0.29) is 17.0 Å². The molecule has 9 nitrogen and oxygen atoms in total. The Morgan fingerprint density at radius 2 is 1.94 bits per heavy atom. The number of unbranched alkanes of at least 4 members (excludes halogenated alkanes) is 1. The number of benzene rings is 2. The molecule has 3 aromatic rings. The topological polar surface area (TPSA) is 132 Å². The number of carbonyl (C=O) groups is 1. The Bertz CT molecular complexity index is 1210. The minimum atomic E-state index is -1.17. The van der Waals surface area contributed by atoms with Crippen LogP contribution < -0.4 is 26.7 Å². The van der Waals surface area contributed by atoms with Gasteiger partial charge in [-0.25, -0.2) is 4.98 Å². The number of anilines is 2. The highest BCUT2D eigenvalue weighted by atomic mass is 35.5. The quantitative estimate of drug-likeness (QED) is 0.182. The molecule has 5 N–H and O–H groups in total. The molecule has 0 aliphatic heterocycles. The van der Waals surface area contributed by atoms with Gasteiger partial charge in [-0.05, 0) is 49.6 Å². The average Bonchev–Trinajstić information content (AvgIpc) is 2.84. The molecule has 0 amide bonds. The molecule has 0 aliphatic rings. The summed E-state index contributed by atoms with van der Waals surface area (Å²) in [7, 11) is 0. The van der Waals surface area contributed by atoms with Crippen LogP contribution in [0.25, 0.3) is 0 Å². The first-order chi connectivity index (χ1) is 17.3. The molecule has 0 saturated heterocycles. The zero-order valence-corrected chi connectivity index (χ0v) is 21.1. The maximum Gasteiger partial charge on any atom is 0.323 e. The lowest BCUT2D eigenvalue weighted by atomic mass is 10.1. The summed E-state index contributed by atoms with van der Waals surface area (Å²) in [4.78, 5) is 28.0. The van der Waals surface area contributed by atoms with Crippen molar-refractivity contribution in [2.45, 2.75) is 31.8 Å². The zero-order chi connectivity index (χ0) is 25.9. The molecule has 0 fully saturated rings. The first-order valence-corrected chi connectivity index (χ1v) is 12.2. The van der Waals surface area contributed by atoms with Crippen LogP contribution >= 0.6 is 23.2 Å². The third-order valence-corrected chi connectivity index (χ3v) is 5.87. The molecule has 36 heavy (non-hydrogen) atoms. The number of nitrogens with two attached hydrogens (primary N) is 1. The van der Waals surface area contributed by atoms with E-state index in [1.807, 2.05) is 30.3 Å². The van der Waals surface area contributed by atoms with Gasteiger partial charge in [-0.3, -0.25) is 14.2 Å². The molecule has 0 bridgehead atoms. The lowest BCUT2D eigenvalue weighted by molar-refractivity contribution is -0.137. The van der Waals surface area contributed by atoms with Gasteiger partial charge in [0.2, 0.25) is 0 Å². The number of halogens is 2. The van der Waals surface area contributed by atoms with Crippen LogP contribution in [0.2, 0.25) is 10.2 Å². The molecule has 0 aliphatic carbocycles. The van der Waals surface area contributed by atoms with Gasteiger partial charge >= 0.3 is 5.97 Å². The highest BCUT2D eigenvalue weighted by molar-refractivity contribution is 6.31. The average molecular weight is 534 g/mol. The van der Waals surface area contributed by atoms with E-state index in [0.29, 0.717) is 36.0 Å². The van der Waals surface area contributed by atoms with Crippen LogP contribution in [0.4, 0.5) is 11.5 Å². The Labute approximate surface area is 219 Å². The molecule has 1 heterocycles. The summed E-state index contributed by atoms with van der Waals surface area (Å²) in [5.41, 5.74) is 6.92. The summed E-state index contributed by atoms with van der Waals surface area (Å²) in [5, 5.41) is 16.2. The highest BCUT2D eigenvalue weighted by Crippen LogP contribution is 2.25. The van der Waals surface area contributed by atoms with Crippen molar-refractivity contribution in [2.75, 3.05) is 30.7 Å². The molecule has 0 unspecified atom stereocenters. The molecular weight excluding hydrogens is 505 g/mol. The van der Waals surface area contributed by atoms with Crippen LogP contribution in [0.5, 0.6) is 5.75 Å². The fourth-order valence-corrected chi connectivity index (χ4v) is 3.94. The summed E-state index contributed by atoms with van der Waals surface area (Å²) in [6.45, 7) is 1.28. The number of nitrogens with one attached hydrogen (secondary N) is 2. The number of carboxylic acids is 1. The van der Waals surface area contributed by atoms with Crippen molar-refractivity contribution in [2.24, 2.45) is 0 Å². The van der Waals surface area contributed by atoms with Gasteiger partial charge in [0.1, 0.15) is 17.4 Å². The van der Waals surface area contributed by atoms with Crippen LogP contribution in [-0.4, -0.2) is 46.4 Å². The Hall–Kier alpha value is -3.27. The predicted molar refractivity (Wildman–Crippen MR) is 142 cm³/mol. The van der Waals surface area contributed by atoms with Crippen molar-refractivity contribution >= 4 is 40.7 Å². The number of hydrogen-bond donors (Lipinski definition) is 4. The normalized spacial score (nSPS) is 11.7.